The van der Waals surface area contributed by atoms with Crippen molar-refractivity contribution in [2.45, 2.75) is 48.4 Å². The lowest BCUT2D eigenvalue weighted by molar-refractivity contribution is -0.102. The Kier molecular flexibility index (Phi) is 7.62. The van der Waals surface area contributed by atoms with E-state index in [0.29, 0.717) is 24.9 Å². The Labute approximate surface area is 231 Å². The van der Waals surface area contributed by atoms with E-state index in [1.807, 2.05) is 61.5 Å². The van der Waals surface area contributed by atoms with Gasteiger partial charge < -0.3 is 14.6 Å². The zero-order valence-corrected chi connectivity index (χ0v) is 23.6. The van der Waals surface area contributed by atoms with Crippen molar-refractivity contribution in [3.05, 3.63) is 89.6 Å². The number of halogens is 1. The number of nitrogens with zero attached hydrogens (tertiary/aromatic N) is 2. The van der Waals surface area contributed by atoms with Gasteiger partial charge in [0.05, 0.1) is 24.0 Å². The molecule has 1 aliphatic heterocycles. The Morgan fingerprint density at radius 3 is 2.32 bits per heavy atom. The number of ether oxygens (including phenoxy) is 2. The summed E-state index contributed by atoms with van der Waals surface area (Å²) < 4.78 is 10.2. The molecule has 194 valence electrons. The van der Waals surface area contributed by atoms with Gasteiger partial charge in [-0.2, -0.15) is 0 Å². The summed E-state index contributed by atoms with van der Waals surface area (Å²) in [5.74, 6) is -0.428. The SMILES string of the molecule is COC(=O)c1ccc(-c2ccc([C@](C)(I)N3CCC(CC(C)(C)O)(c4ccccc4)OC3=O)cc2)nc1. The monoisotopic (exact) mass is 614 g/mol. The summed E-state index contributed by atoms with van der Waals surface area (Å²) >= 11 is 2.28. The molecule has 2 atom stereocenters. The van der Waals surface area contributed by atoms with Crippen LogP contribution in [0.4, 0.5) is 4.79 Å². The molecule has 37 heavy (non-hydrogen) atoms. The molecule has 1 aliphatic rings. The average molecular weight is 614 g/mol. The molecular formula is C29H31IN2O5. The van der Waals surface area contributed by atoms with Gasteiger partial charge in [-0.3, -0.25) is 9.88 Å². The second-order valence-electron chi connectivity index (χ2n) is 10.1. The summed E-state index contributed by atoms with van der Waals surface area (Å²) in [7, 11) is 1.34. The van der Waals surface area contributed by atoms with Crippen LogP contribution < -0.4 is 0 Å². The van der Waals surface area contributed by atoms with E-state index in [1.54, 1.807) is 30.9 Å². The van der Waals surface area contributed by atoms with Gasteiger partial charge in [0.15, 0.2) is 0 Å². The quantitative estimate of drug-likeness (QED) is 0.151. The fourth-order valence-corrected chi connectivity index (χ4v) is 5.61. The molecule has 0 radical (unpaired) electrons. The Balaban J connectivity index is 1.55. The molecule has 3 aromatic rings. The van der Waals surface area contributed by atoms with Gasteiger partial charge >= 0.3 is 12.1 Å². The van der Waals surface area contributed by atoms with E-state index in [2.05, 4.69) is 27.6 Å². The molecule has 1 amide bonds. The average Bonchev–Trinajstić information content (AvgIpc) is 2.88. The largest absolute Gasteiger partial charge is 0.465 e. The summed E-state index contributed by atoms with van der Waals surface area (Å²) in [6, 6.07) is 21.0. The standard InChI is InChI=1S/C29H31IN2O5/c1-27(2,35)19-29(23-8-6-5-7-9-23)16-17-32(26(34)37-29)28(3,30)22-13-10-20(11-14-22)24-15-12-21(18-31-24)25(33)36-4/h5-15,18,35H,16-17,19H2,1-4H3/t28-,29?/m1/s1. The van der Waals surface area contributed by atoms with Crippen molar-refractivity contribution in [2.24, 2.45) is 0 Å². The third-order valence-electron chi connectivity index (χ3n) is 6.66. The molecular weight excluding hydrogens is 583 g/mol. The summed E-state index contributed by atoms with van der Waals surface area (Å²) in [5.41, 5.74) is 1.93. The number of aliphatic hydroxyl groups is 1. The van der Waals surface area contributed by atoms with E-state index in [0.717, 1.165) is 22.4 Å². The minimum Gasteiger partial charge on any atom is -0.465 e. The number of benzene rings is 2. The molecule has 1 unspecified atom stereocenters. The van der Waals surface area contributed by atoms with Gasteiger partial charge in [0.1, 0.15) is 9.15 Å². The number of carbonyl (C=O) groups excluding carboxylic acids is 2. The molecule has 0 spiro atoms. The summed E-state index contributed by atoms with van der Waals surface area (Å²) in [6.45, 7) is 5.93. The molecule has 1 saturated heterocycles. The van der Waals surface area contributed by atoms with E-state index in [4.69, 9.17) is 9.47 Å². The lowest BCUT2D eigenvalue weighted by Gasteiger charge is -2.47. The van der Waals surface area contributed by atoms with Crippen molar-refractivity contribution in [2.75, 3.05) is 13.7 Å². The Morgan fingerprint density at radius 1 is 1.11 bits per heavy atom. The fraction of sp³-hybridized carbons (Fsp3) is 0.345. The van der Waals surface area contributed by atoms with Crippen molar-refractivity contribution >= 4 is 34.7 Å². The molecule has 2 aromatic carbocycles. The predicted molar refractivity (Wildman–Crippen MR) is 149 cm³/mol. The first-order chi connectivity index (χ1) is 17.4. The third-order valence-corrected chi connectivity index (χ3v) is 7.86. The maximum atomic E-state index is 13.5. The number of hydrogen-bond acceptors (Lipinski definition) is 6. The fourth-order valence-electron chi connectivity index (χ4n) is 4.81. The minimum absolute atomic E-state index is 0.304. The van der Waals surface area contributed by atoms with Gasteiger partial charge in [0, 0.05) is 31.1 Å². The number of rotatable bonds is 7. The second kappa shape index (κ2) is 10.4. The highest BCUT2D eigenvalue weighted by Crippen LogP contribution is 2.45. The number of hydrogen-bond donors (Lipinski definition) is 1. The molecule has 8 heteroatoms. The van der Waals surface area contributed by atoms with Gasteiger partial charge in [0.2, 0.25) is 0 Å². The van der Waals surface area contributed by atoms with Crippen LogP contribution in [-0.4, -0.2) is 46.3 Å². The number of aromatic nitrogens is 1. The van der Waals surface area contributed by atoms with Gasteiger partial charge in [-0.25, -0.2) is 9.59 Å². The van der Waals surface area contributed by atoms with Crippen LogP contribution in [0.1, 0.15) is 55.1 Å². The van der Waals surface area contributed by atoms with Crippen molar-refractivity contribution < 1.29 is 24.2 Å². The summed E-state index contributed by atoms with van der Waals surface area (Å²) in [5, 5.41) is 10.6. The van der Waals surface area contributed by atoms with Gasteiger partial charge in [-0.15, -0.1) is 0 Å². The molecule has 2 heterocycles. The van der Waals surface area contributed by atoms with E-state index in [1.165, 1.54) is 13.3 Å². The van der Waals surface area contributed by atoms with Crippen LogP contribution in [0.25, 0.3) is 11.3 Å². The van der Waals surface area contributed by atoms with Crippen LogP contribution in [0.2, 0.25) is 0 Å². The molecule has 4 rings (SSSR count). The second-order valence-corrected chi connectivity index (χ2v) is 12.2. The highest BCUT2D eigenvalue weighted by molar-refractivity contribution is 14.1. The normalized spacial score (nSPS) is 19.6. The lowest BCUT2D eigenvalue weighted by Crippen LogP contribution is -2.54. The third kappa shape index (κ3) is 5.80. The molecule has 7 nitrogen and oxygen atoms in total. The smallest absolute Gasteiger partial charge is 0.412 e. The molecule has 1 N–H and O–H groups in total. The van der Waals surface area contributed by atoms with Gasteiger partial charge in [0.25, 0.3) is 0 Å². The van der Waals surface area contributed by atoms with Crippen molar-refractivity contribution in [3.63, 3.8) is 0 Å². The number of carbonyl (C=O) groups is 2. The van der Waals surface area contributed by atoms with E-state index < -0.39 is 26.8 Å². The van der Waals surface area contributed by atoms with E-state index in [-0.39, 0.29) is 0 Å². The Bertz CT molecular complexity index is 1250. The van der Waals surface area contributed by atoms with E-state index >= 15 is 0 Å². The highest BCUT2D eigenvalue weighted by atomic mass is 127. The summed E-state index contributed by atoms with van der Waals surface area (Å²) in [4.78, 5) is 31.2. The number of amides is 1. The lowest BCUT2D eigenvalue weighted by atomic mass is 9.80. The first-order valence-electron chi connectivity index (χ1n) is 12.1. The molecule has 1 aromatic heterocycles. The first kappa shape index (κ1) is 27.1. The van der Waals surface area contributed by atoms with Crippen LogP contribution in [0.15, 0.2) is 72.9 Å². The van der Waals surface area contributed by atoms with Crippen molar-refractivity contribution in [1.82, 2.24) is 9.88 Å². The first-order valence-corrected chi connectivity index (χ1v) is 13.2. The summed E-state index contributed by atoms with van der Waals surface area (Å²) in [6.07, 6.45) is 1.94. The number of esters is 1. The van der Waals surface area contributed by atoms with Crippen LogP contribution in [0, 0.1) is 0 Å². The Hall–Kier alpha value is -2.98. The maximum Gasteiger partial charge on any atom is 0.412 e. The molecule has 0 saturated carbocycles. The minimum atomic E-state index is -1.01. The van der Waals surface area contributed by atoms with Crippen molar-refractivity contribution in [3.8, 4) is 11.3 Å². The van der Waals surface area contributed by atoms with Gasteiger partial charge in [-0.1, -0.05) is 54.6 Å². The van der Waals surface area contributed by atoms with Crippen LogP contribution in [0.3, 0.4) is 0 Å². The molecule has 1 fully saturated rings. The van der Waals surface area contributed by atoms with Gasteiger partial charge in [-0.05, 0) is 66.6 Å². The molecule has 0 bridgehead atoms. The number of pyridine rings is 1. The van der Waals surface area contributed by atoms with Crippen LogP contribution in [0.5, 0.6) is 0 Å². The van der Waals surface area contributed by atoms with Crippen molar-refractivity contribution in [1.29, 1.82) is 0 Å². The van der Waals surface area contributed by atoms with Crippen LogP contribution >= 0.6 is 22.6 Å². The number of alkyl halides is 1. The van der Waals surface area contributed by atoms with Crippen LogP contribution in [-0.2, 0) is 18.6 Å². The predicted octanol–water partition coefficient (Wildman–Crippen LogP) is 6.04. The Morgan fingerprint density at radius 2 is 1.78 bits per heavy atom. The van der Waals surface area contributed by atoms with E-state index in [9.17, 15) is 14.7 Å². The molecule has 0 aliphatic carbocycles. The number of cyclic esters (lactones) is 1. The topological polar surface area (TPSA) is 89.0 Å². The zero-order valence-electron chi connectivity index (χ0n) is 21.4. The number of methoxy groups -OCH3 is 1. The highest BCUT2D eigenvalue weighted by Gasteiger charge is 2.49. The maximum absolute atomic E-state index is 13.5. The zero-order chi connectivity index (χ0) is 26.8.